The monoisotopic (exact) mass is 443 g/mol. The molecular formula is C16H16Cl2N2PPd+. The second kappa shape index (κ2) is 10.2. The summed E-state index contributed by atoms with van der Waals surface area (Å²) < 4.78 is 2.04. The first kappa shape index (κ1) is 17.7. The van der Waals surface area contributed by atoms with Crippen molar-refractivity contribution in [2.75, 3.05) is 0 Å². The minimum Gasteiger partial charge on any atom is -0.237 e. The Morgan fingerprint density at radius 3 is 1.77 bits per heavy atom. The number of rotatable bonds is 4. The molecule has 0 aliphatic heterocycles. The van der Waals surface area contributed by atoms with E-state index in [2.05, 4.69) is 65.8 Å². The van der Waals surface area contributed by atoms with Crippen LogP contribution in [0, 0.1) is 0 Å². The number of nitrogens with zero attached hydrogens (tertiary/aromatic N) is 2. The molecule has 3 aromatic rings. The minimum absolute atomic E-state index is 0.106. The van der Waals surface area contributed by atoms with Gasteiger partial charge in [0.25, 0.3) is 0 Å². The zero-order valence-electron chi connectivity index (χ0n) is 11.7. The summed E-state index contributed by atoms with van der Waals surface area (Å²) in [5.41, 5.74) is 0. The summed E-state index contributed by atoms with van der Waals surface area (Å²) in [5.74, 6) is 0. The van der Waals surface area contributed by atoms with Crippen molar-refractivity contribution in [1.82, 2.24) is 9.78 Å². The number of aromatic nitrogens is 2. The molecule has 0 bridgehead atoms. The van der Waals surface area contributed by atoms with E-state index in [0.29, 0.717) is 0 Å². The summed E-state index contributed by atoms with van der Waals surface area (Å²) in [7, 11) is 8.81. The summed E-state index contributed by atoms with van der Waals surface area (Å²) in [5, 5.41) is 7.20. The maximum Gasteiger partial charge on any atom is 0.157 e. The first-order chi connectivity index (χ1) is 10.8. The third kappa shape index (κ3) is 5.51. The van der Waals surface area contributed by atoms with Gasteiger partial charge in [-0.3, -0.25) is 0 Å². The molecule has 2 nitrogen and oxygen atoms in total. The number of halogens is 2. The van der Waals surface area contributed by atoms with E-state index >= 15 is 0 Å². The molecule has 0 fully saturated rings. The summed E-state index contributed by atoms with van der Waals surface area (Å²) in [6, 6.07) is 23.5. The van der Waals surface area contributed by atoms with Crippen molar-refractivity contribution >= 4 is 37.6 Å². The van der Waals surface area contributed by atoms with E-state index in [1.165, 1.54) is 10.6 Å². The molecule has 118 valence electrons. The minimum atomic E-state index is -0.822. The van der Waals surface area contributed by atoms with Gasteiger partial charge in [0.05, 0.1) is 18.5 Å². The molecule has 1 heterocycles. The summed E-state index contributed by atoms with van der Waals surface area (Å²) >= 11 is -0.106. The Kier molecular flexibility index (Phi) is 8.16. The summed E-state index contributed by atoms with van der Waals surface area (Å²) in [6.45, 7) is 0. The molecule has 0 saturated heterocycles. The van der Waals surface area contributed by atoms with Gasteiger partial charge < -0.3 is 0 Å². The molecule has 0 spiro atoms. The Morgan fingerprint density at radius 2 is 1.36 bits per heavy atom. The summed E-state index contributed by atoms with van der Waals surface area (Å²) in [4.78, 5) is 0. The predicted molar refractivity (Wildman–Crippen MR) is 94.4 cm³/mol. The number of hydrogen-bond acceptors (Lipinski definition) is 1. The number of hydrogen-bond donors (Lipinski definition) is 0. The van der Waals surface area contributed by atoms with E-state index in [0.717, 1.165) is 6.29 Å². The van der Waals surface area contributed by atoms with Crippen molar-refractivity contribution in [2.24, 2.45) is 0 Å². The van der Waals surface area contributed by atoms with Gasteiger partial charge in [0.1, 0.15) is 0 Å². The zero-order valence-corrected chi connectivity index (χ0v) is 15.7. The molecule has 0 aliphatic carbocycles. The normalized spacial score (nSPS) is 10.3. The van der Waals surface area contributed by atoms with Crippen molar-refractivity contribution in [3.8, 4) is 0 Å². The average Bonchev–Trinajstić information content (AvgIpc) is 3.08. The molecular weight excluding hydrogens is 428 g/mol. The van der Waals surface area contributed by atoms with Gasteiger partial charge in [0.2, 0.25) is 0 Å². The standard InChI is InChI=1S/C16H15N2P.2ClH.Pd/c1-3-8-15(9-4-1)19(14-18-13-7-12-17-18)16-10-5-2-6-11-16;;;/h1-13H,14H2;2*1H;/q;;;+2/p-1. The van der Waals surface area contributed by atoms with Crippen LogP contribution < -0.4 is 10.6 Å². The van der Waals surface area contributed by atoms with Gasteiger partial charge in [-0.05, 0) is 30.3 Å². The molecule has 1 aromatic heterocycles. The van der Waals surface area contributed by atoms with Gasteiger partial charge in [-0.15, -0.1) is 0 Å². The quantitative estimate of drug-likeness (QED) is 0.438. The van der Waals surface area contributed by atoms with Crippen LogP contribution in [-0.2, 0) is 22.2 Å². The van der Waals surface area contributed by atoms with E-state index in [1.54, 1.807) is 0 Å². The van der Waals surface area contributed by atoms with Gasteiger partial charge in [-0.1, -0.05) is 36.4 Å². The second-order valence-corrected chi connectivity index (χ2v) is 9.25. The third-order valence-electron chi connectivity index (χ3n) is 3.12. The zero-order chi connectivity index (χ0) is 15.6. The van der Waals surface area contributed by atoms with E-state index < -0.39 is 7.92 Å². The van der Waals surface area contributed by atoms with Crippen molar-refractivity contribution in [1.29, 1.82) is 0 Å². The first-order valence-electron chi connectivity index (χ1n) is 6.61. The molecule has 0 amide bonds. The van der Waals surface area contributed by atoms with Crippen LogP contribution in [-0.4, -0.2) is 9.78 Å². The Balaban J connectivity index is 0.000000545. The first-order valence-corrected chi connectivity index (χ1v) is 12.3. The van der Waals surface area contributed by atoms with Gasteiger partial charge in [0, 0.05) is 12.4 Å². The maximum absolute atomic E-state index is 4.81. The summed E-state index contributed by atoms with van der Waals surface area (Å²) in [6.07, 6.45) is 4.84. The van der Waals surface area contributed by atoms with Crippen LogP contribution in [0.1, 0.15) is 0 Å². The van der Waals surface area contributed by atoms with E-state index in [4.69, 9.17) is 19.1 Å². The van der Waals surface area contributed by atoms with Crippen LogP contribution in [0.2, 0.25) is 0 Å². The van der Waals surface area contributed by atoms with Gasteiger partial charge in [-0.25, -0.2) is 4.68 Å². The molecule has 22 heavy (non-hydrogen) atoms. The van der Waals surface area contributed by atoms with Crippen molar-refractivity contribution in [3.63, 3.8) is 0 Å². The molecule has 3 rings (SSSR count). The molecule has 0 radical (unpaired) electrons. The maximum atomic E-state index is 4.81. The fourth-order valence-corrected chi connectivity index (χ4v) is 4.58. The topological polar surface area (TPSA) is 17.8 Å². The Hall–Kier alpha value is -0.678. The Morgan fingerprint density at radius 1 is 0.864 bits per heavy atom. The molecule has 6 heteroatoms. The molecule has 0 unspecified atom stereocenters. The molecule has 0 atom stereocenters. The largest absolute Gasteiger partial charge is 0.237 e. The number of benzene rings is 2. The van der Waals surface area contributed by atoms with Crippen LogP contribution in [0.25, 0.3) is 0 Å². The van der Waals surface area contributed by atoms with E-state index in [-0.39, 0.29) is 15.9 Å². The van der Waals surface area contributed by atoms with Crippen molar-refractivity contribution in [3.05, 3.63) is 79.1 Å². The predicted octanol–water partition coefficient (Wildman–Crippen LogP) is 4.08. The second-order valence-electron chi connectivity index (χ2n) is 4.46. The fraction of sp³-hybridized carbons (Fsp3) is 0.0625. The van der Waals surface area contributed by atoms with Crippen molar-refractivity contribution < 1.29 is 15.9 Å². The molecule has 0 N–H and O–H groups in total. The molecule has 0 saturated carbocycles. The van der Waals surface area contributed by atoms with Crippen molar-refractivity contribution in [2.45, 2.75) is 6.29 Å². The van der Waals surface area contributed by atoms with Crippen LogP contribution >= 0.6 is 27.0 Å². The SMILES string of the molecule is [Cl][Pd][Cl].c1ccc([PH+](Cn2cccn2)c2ccccc2)cc1. The van der Waals surface area contributed by atoms with Crippen LogP contribution in [0.3, 0.4) is 0 Å². The molecule has 2 aromatic carbocycles. The third-order valence-corrected chi connectivity index (χ3v) is 5.82. The molecule has 0 aliphatic rings. The Labute approximate surface area is 148 Å². The Bertz CT molecular complexity index is 596. The smallest absolute Gasteiger partial charge is 0.157 e. The van der Waals surface area contributed by atoms with Crippen LogP contribution in [0.4, 0.5) is 0 Å². The average molecular weight is 445 g/mol. The van der Waals surface area contributed by atoms with E-state index in [1.807, 2.05) is 23.1 Å². The van der Waals surface area contributed by atoms with Gasteiger partial charge >= 0.3 is 35.0 Å². The van der Waals surface area contributed by atoms with Gasteiger partial charge in [0.15, 0.2) is 6.29 Å². The van der Waals surface area contributed by atoms with E-state index in [9.17, 15) is 0 Å². The van der Waals surface area contributed by atoms with Crippen LogP contribution in [0.5, 0.6) is 0 Å². The fourth-order valence-electron chi connectivity index (χ4n) is 2.18. The van der Waals surface area contributed by atoms with Crippen LogP contribution in [0.15, 0.2) is 79.1 Å². The van der Waals surface area contributed by atoms with Gasteiger partial charge in [-0.2, -0.15) is 5.10 Å².